The first-order valence-corrected chi connectivity index (χ1v) is 5.66. The molecule has 1 rings (SSSR count). The molecule has 0 aliphatic rings. The first kappa shape index (κ1) is 13.5. The number of carbonyl (C=O) groups is 1. The Morgan fingerprint density at radius 1 is 1.47 bits per heavy atom. The number of anilines is 1. The summed E-state index contributed by atoms with van der Waals surface area (Å²) in [5.41, 5.74) is 1.28. The average molecular weight is 237 g/mol. The van der Waals surface area contributed by atoms with E-state index in [-0.39, 0.29) is 5.97 Å². The Morgan fingerprint density at radius 3 is 2.71 bits per heavy atom. The molecule has 1 atom stereocenters. The van der Waals surface area contributed by atoms with E-state index in [1.54, 1.807) is 12.1 Å². The van der Waals surface area contributed by atoms with Crippen molar-refractivity contribution in [2.45, 2.75) is 19.4 Å². The predicted octanol–water partition coefficient (Wildman–Crippen LogP) is 1.68. The minimum absolute atomic E-state index is 0.363. The third-order valence-electron chi connectivity index (χ3n) is 2.68. The quantitative estimate of drug-likeness (QED) is 0.792. The van der Waals surface area contributed by atoms with Gasteiger partial charge in [-0.1, -0.05) is 19.1 Å². The molecule has 0 bridgehead atoms. The lowest BCUT2D eigenvalue weighted by Crippen LogP contribution is -2.29. The maximum absolute atomic E-state index is 11.6. The normalized spacial score (nSPS) is 12.0. The maximum Gasteiger partial charge on any atom is 0.339 e. The zero-order chi connectivity index (χ0) is 12.8. The van der Waals surface area contributed by atoms with E-state index in [9.17, 15) is 9.90 Å². The number of likely N-dealkylation sites (N-methyl/N-ethyl adjacent to an activating group) is 1. The van der Waals surface area contributed by atoms with Crippen LogP contribution in [0.4, 0.5) is 5.69 Å². The lowest BCUT2D eigenvalue weighted by Gasteiger charge is -2.23. The minimum Gasteiger partial charge on any atom is -0.465 e. The van der Waals surface area contributed by atoms with E-state index in [4.69, 9.17) is 4.74 Å². The van der Waals surface area contributed by atoms with Gasteiger partial charge >= 0.3 is 5.97 Å². The Labute approximate surface area is 102 Å². The molecule has 0 saturated heterocycles. The lowest BCUT2D eigenvalue weighted by molar-refractivity contribution is 0.0601. The van der Waals surface area contributed by atoms with Crippen LogP contribution in [0.2, 0.25) is 0 Å². The van der Waals surface area contributed by atoms with Gasteiger partial charge in [0.05, 0.1) is 24.5 Å². The molecule has 1 aromatic rings. The fourth-order valence-corrected chi connectivity index (χ4v) is 1.63. The zero-order valence-electron chi connectivity index (χ0n) is 10.5. The SMILES string of the molecule is CCC(O)CN(C)c1ccccc1C(=O)OC. The topological polar surface area (TPSA) is 49.8 Å². The smallest absolute Gasteiger partial charge is 0.339 e. The van der Waals surface area contributed by atoms with Gasteiger partial charge in [0.1, 0.15) is 0 Å². The summed E-state index contributed by atoms with van der Waals surface area (Å²) in [6.45, 7) is 2.41. The molecule has 94 valence electrons. The molecule has 0 aliphatic carbocycles. The Kier molecular flexibility index (Phi) is 4.97. The van der Waals surface area contributed by atoms with Crippen LogP contribution in [0.25, 0.3) is 0 Å². The van der Waals surface area contributed by atoms with Crippen molar-refractivity contribution in [3.8, 4) is 0 Å². The molecule has 0 saturated carbocycles. The molecule has 0 radical (unpaired) electrons. The lowest BCUT2D eigenvalue weighted by atomic mass is 10.1. The molecule has 4 heteroatoms. The number of methoxy groups -OCH3 is 1. The first-order chi connectivity index (χ1) is 8.10. The van der Waals surface area contributed by atoms with Crippen molar-refractivity contribution < 1.29 is 14.6 Å². The number of nitrogens with zero attached hydrogens (tertiary/aromatic N) is 1. The van der Waals surface area contributed by atoms with Gasteiger partial charge in [0.15, 0.2) is 0 Å². The van der Waals surface area contributed by atoms with Crippen LogP contribution in [0.5, 0.6) is 0 Å². The number of carbonyl (C=O) groups excluding carboxylic acids is 1. The van der Waals surface area contributed by atoms with E-state index in [0.717, 1.165) is 5.69 Å². The molecule has 0 aromatic heterocycles. The average Bonchev–Trinajstić information content (AvgIpc) is 2.37. The summed E-state index contributed by atoms with van der Waals surface area (Å²) in [6, 6.07) is 7.21. The number of aliphatic hydroxyl groups excluding tert-OH is 1. The van der Waals surface area contributed by atoms with Gasteiger partial charge in [0.2, 0.25) is 0 Å². The van der Waals surface area contributed by atoms with Gasteiger partial charge in [-0.15, -0.1) is 0 Å². The molecule has 4 nitrogen and oxygen atoms in total. The highest BCUT2D eigenvalue weighted by Crippen LogP contribution is 2.20. The van der Waals surface area contributed by atoms with Crippen molar-refractivity contribution in [1.29, 1.82) is 0 Å². The molecular weight excluding hydrogens is 218 g/mol. The minimum atomic E-state index is -0.397. The summed E-state index contributed by atoms with van der Waals surface area (Å²) in [5.74, 6) is -0.363. The summed E-state index contributed by atoms with van der Waals surface area (Å²) >= 11 is 0. The number of ether oxygens (including phenoxy) is 1. The van der Waals surface area contributed by atoms with Gasteiger partial charge in [-0.05, 0) is 18.6 Å². The maximum atomic E-state index is 11.6. The van der Waals surface area contributed by atoms with Crippen LogP contribution in [-0.2, 0) is 4.74 Å². The molecule has 1 N–H and O–H groups in total. The largest absolute Gasteiger partial charge is 0.465 e. The standard InChI is InChI=1S/C13H19NO3/c1-4-10(15)9-14(2)12-8-6-5-7-11(12)13(16)17-3/h5-8,10,15H,4,9H2,1-3H3. The van der Waals surface area contributed by atoms with Crippen LogP contribution in [-0.4, -0.2) is 37.9 Å². The Bertz CT molecular complexity index is 379. The van der Waals surface area contributed by atoms with E-state index >= 15 is 0 Å². The first-order valence-electron chi connectivity index (χ1n) is 5.66. The Morgan fingerprint density at radius 2 is 2.12 bits per heavy atom. The van der Waals surface area contributed by atoms with Crippen molar-refractivity contribution in [2.24, 2.45) is 0 Å². The molecule has 1 aromatic carbocycles. The van der Waals surface area contributed by atoms with Gasteiger partial charge in [-0.3, -0.25) is 0 Å². The summed E-state index contributed by atoms with van der Waals surface area (Å²) in [5, 5.41) is 9.62. The fraction of sp³-hybridized carbons (Fsp3) is 0.462. The van der Waals surface area contributed by atoms with Gasteiger partial charge < -0.3 is 14.7 Å². The second-order valence-electron chi connectivity index (χ2n) is 3.95. The van der Waals surface area contributed by atoms with Crippen LogP contribution in [0.15, 0.2) is 24.3 Å². The number of aliphatic hydroxyl groups is 1. The number of hydrogen-bond acceptors (Lipinski definition) is 4. The molecule has 17 heavy (non-hydrogen) atoms. The van der Waals surface area contributed by atoms with Gasteiger partial charge in [-0.25, -0.2) is 4.79 Å². The second kappa shape index (κ2) is 6.25. The van der Waals surface area contributed by atoms with E-state index in [1.165, 1.54) is 7.11 Å². The summed E-state index contributed by atoms with van der Waals surface area (Å²) < 4.78 is 4.73. The molecule has 1 unspecified atom stereocenters. The number of para-hydroxylation sites is 1. The second-order valence-corrected chi connectivity index (χ2v) is 3.95. The van der Waals surface area contributed by atoms with E-state index < -0.39 is 6.10 Å². The third kappa shape index (κ3) is 3.46. The van der Waals surface area contributed by atoms with Gasteiger partial charge in [-0.2, -0.15) is 0 Å². The number of esters is 1. The Hall–Kier alpha value is -1.55. The monoisotopic (exact) mass is 237 g/mol. The molecule has 0 aliphatic heterocycles. The van der Waals surface area contributed by atoms with Crippen LogP contribution < -0.4 is 4.90 Å². The Balaban J connectivity index is 2.92. The molecule has 0 spiro atoms. The molecular formula is C13H19NO3. The van der Waals surface area contributed by atoms with Crippen molar-refractivity contribution in [3.05, 3.63) is 29.8 Å². The van der Waals surface area contributed by atoms with Crippen molar-refractivity contribution >= 4 is 11.7 Å². The third-order valence-corrected chi connectivity index (χ3v) is 2.68. The highest BCUT2D eigenvalue weighted by Gasteiger charge is 2.15. The van der Waals surface area contributed by atoms with E-state index in [0.29, 0.717) is 18.5 Å². The predicted molar refractivity (Wildman–Crippen MR) is 67.3 cm³/mol. The van der Waals surface area contributed by atoms with Crippen molar-refractivity contribution in [2.75, 3.05) is 25.6 Å². The summed E-state index contributed by atoms with van der Waals surface area (Å²) in [7, 11) is 3.21. The van der Waals surface area contributed by atoms with Crippen LogP contribution in [0.1, 0.15) is 23.7 Å². The number of hydrogen-bond donors (Lipinski definition) is 1. The molecule has 0 fully saturated rings. The van der Waals surface area contributed by atoms with Crippen LogP contribution >= 0.6 is 0 Å². The van der Waals surface area contributed by atoms with Crippen LogP contribution in [0.3, 0.4) is 0 Å². The summed E-state index contributed by atoms with van der Waals surface area (Å²) in [6.07, 6.45) is 0.288. The number of benzene rings is 1. The molecule has 0 amide bonds. The highest BCUT2D eigenvalue weighted by molar-refractivity contribution is 5.95. The van der Waals surface area contributed by atoms with Gasteiger partial charge in [0, 0.05) is 13.6 Å². The van der Waals surface area contributed by atoms with E-state index in [1.807, 2.05) is 31.0 Å². The summed E-state index contributed by atoms with van der Waals surface area (Å²) in [4.78, 5) is 13.4. The molecule has 0 heterocycles. The number of rotatable bonds is 5. The van der Waals surface area contributed by atoms with Gasteiger partial charge in [0.25, 0.3) is 0 Å². The van der Waals surface area contributed by atoms with E-state index in [2.05, 4.69) is 0 Å². The van der Waals surface area contributed by atoms with Crippen LogP contribution in [0, 0.1) is 0 Å². The van der Waals surface area contributed by atoms with Crippen molar-refractivity contribution in [3.63, 3.8) is 0 Å². The zero-order valence-corrected chi connectivity index (χ0v) is 10.5. The fourth-order valence-electron chi connectivity index (χ4n) is 1.63. The van der Waals surface area contributed by atoms with Crippen molar-refractivity contribution in [1.82, 2.24) is 0 Å². The highest BCUT2D eigenvalue weighted by atomic mass is 16.5.